The van der Waals surface area contributed by atoms with Gasteiger partial charge in [-0.1, -0.05) is 0 Å². The summed E-state index contributed by atoms with van der Waals surface area (Å²) in [7, 11) is -3.17. The van der Waals surface area contributed by atoms with E-state index in [1.54, 1.807) is 4.31 Å². The molecule has 2 saturated heterocycles. The first-order valence-electron chi connectivity index (χ1n) is 9.54. The van der Waals surface area contributed by atoms with Gasteiger partial charge in [0.1, 0.15) is 0 Å². The number of thiophene rings is 1. The van der Waals surface area contributed by atoms with Gasteiger partial charge in [-0.3, -0.25) is 9.69 Å². The van der Waals surface area contributed by atoms with Gasteiger partial charge >= 0.3 is 0 Å². The van der Waals surface area contributed by atoms with E-state index < -0.39 is 10.0 Å². The fraction of sp³-hybridized carbons (Fsp3) is 0.722. The van der Waals surface area contributed by atoms with E-state index in [1.165, 1.54) is 17.6 Å². The van der Waals surface area contributed by atoms with Crippen LogP contribution in [0.2, 0.25) is 0 Å². The predicted molar refractivity (Wildman–Crippen MR) is 107 cm³/mol. The maximum absolute atomic E-state index is 12.2. The molecule has 0 aliphatic carbocycles. The quantitative estimate of drug-likeness (QED) is 0.728. The summed E-state index contributed by atoms with van der Waals surface area (Å²) in [5.74, 6) is -0.0513. The van der Waals surface area contributed by atoms with Gasteiger partial charge in [0, 0.05) is 62.4 Å². The molecule has 0 bridgehead atoms. The third-order valence-electron chi connectivity index (χ3n) is 5.40. The Morgan fingerprint density at radius 3 is 2.78 bits per heavy atom. The molecule has 27 heavy (non-hydrogen) atoms. The second-order valence-corrected chi connectivity index (χ2v) is 10.0. The van der Waals surface area contributed by atoms with Gasteiger partial charge in [0.25, 0.3) is 5.91 Å². The Morgan fingerprint density at radius 2 is 2.11 bits per heavy atom. The largest absolute Gasteiger partial charge is 0.381 e. The molecule has 2 aliphatic rings. The lowest BCUT2D eigenvalue weighted by Crippen LogP contribution is -2.55. The summed E-state index contributed by atoms with van der Waals surface area (Å²) < 4.78 is 31.1. The average Bonchev–Trinajstić information content (AvgIpc) is 3.20. The second kappa shape index (κ2) is 9.47. The minimum absolute atomic E-state index is 0.0513. The highest BCUT2D eigenvalue weighted by molar-refractivity contribution is 7.88. The van der Waals surface area contributed by atoms with Gasteiger partial charge in [0.15, 0.2) is 0 Å². The van der Waals surface area contributed by atoms with E-state index >= 15 is 0 Å². The molecule has 0 spiro atoms. The number of amides is 1. The van der Waals surface area contributed by atoms with Crippen molar-refractivity contribution in [1.29, 1.82) is 0 Å². The summed E-state index contributed by atoms with van der Waals surface area (Å²) in [5, 5.41) is 6.74. The highest BCUT2D eigenvalue weighted by atomic mass is 32.2. The topological polar surface area (TPSA) is 79.0 Å². The lowest BCUT2D eigenvalue weighted by Gasteiger charge is -2.43. The summed E-state index contributed by atoms with van der Waals surface area (Å²) >= 11 is 1.51. The van der Waals surface area contributed by atoms with Gasteiger partial charge in [0.05, 0.1) is 6.26 Å². The first kappa shape index (κ1) is 20.7. The van der Waals surface area contributed by atoms with E-state index in [-0.39, 0.29) is 11.9 Å². The lowest BCUT2D eigenvalue weighted by molar-refractivity contribution is 0.00673. The third-order valence-corrected chi connectivity index (χ3v) is 7.35. The Morgan fingerprint density at radius 1 is 1.33 bits per heavy atom. The van der Waals surface area contributed by atoms with E-state index in [9.17, 15) is 13.2 Å². The Kier molecular flexibility index (Phi) is 7.27. The maximum atomic E-state index is 12.2. The normalized spacial score (nSPS) is 22.8. The lowest BCUT2D eigenvalue weighted by atomic mass is 9.99. The molecule has 0 radical (unpaired) electrons. The van der Waals surface area contributed by atoms with Crippen molar-refractivity contribution in [3.63, 3.8) is 0 Å². The highest BCUT2D eigenvalue weighted by Crippen LogP contribution is 2.24. The zero-order chi connectivity index (χ0) is 19.3. The smallest absolute Gasteiger partial charge is 0.252 e. The summed E-state index contributed by atoms with van der Waals surface area (Å²) in [6.07, 6.45) is 5.05. The van der Waals surface area contributed by atoms with Crippen LogP contribution in [-0.4, -0.2) is 81.3 Å². The van der Waals surface area contributed by atoms with Crippen LogP contribution in [0, 0.1) is 0 Å². The van der Waals surface area contributed by atoms with E-state index in [1.807, 2.05) is 16.8 Å². The first-order chi connectivity index (χ1) is 12.9. The van der Waals surface area contributed by atoms with Crippen LogP contribution in [0.15, 0.2) is 16.8 Å². The zero-order valence-corrected chi connectivity index (χ0v) is 17.4. The number of ether oxygens (including phenoxy) is 1. The molecule has 9 heteroatoms. The Balaban J connectivity index is 1.62. The van der Waals surface area contributed by atoms with Crippen LogP contribution in [0.5, 0.6) is 0 Å². The summed E-state index contributed by atoms with van der Waals surface area (Å²) in [6, 6.07) is 2.39. The Bertz CT molecular complexity index is 702. The Labute approximate surface area is 165 Å². The Hall–Kier alpha value is -1.00. The van der Waals surface area contributed by atoms with Crippen LogP contribution in [0.4, 0.5) is 0 Å². The molecule has 1 aromatic rings. The molecule has 3 rings (SSSR count). The molecule has 2 fully saturated rings. The van der Waals surface area contributed by atoms with Crippen molar-refractivity contribution in [1.82, 2.24) is 14.5 Å². The summed E-state index contributed by atoms with van der Waals surface area (Å²) in [4.78, 5) is 14.6. The molecule has 1 N–H and O–H groups in total. The van der Waals surface area contributed by atoms with Gasteiger partial charge in [0.2, 0.25) is 10.0 Å². The monoisotopic (exact) mass is 415 g/mol. The van der Waals surface area contributed by atoms with E-state index in [0.717, 1.165) is 45.4 Å². The maximum Gasteiger partial charge on any atom is 0.252 e. The number of hydrogen-bond donors (Lipinski definition) is 1. The van der Waals surface area contributed by atoms with Crippen molar-refractivity contribution in [3.05, 3.63) is 22.4 Å². The van der Waals surface area contributed by atoms with Crippen molar-refractivity contribution in [2.75, 3.05) is 45.6 Å². The van der Waals surface area contributed by atoms with Crippen molar-refractivity contribution < 1.29 is 17.9 Å². The fourth-order valence-corrected chi connectivity index (χ4v) is 5.51. The van der Waals surface area contributed by atoms with Crippen LogP contribution in [-0.2, 0) is 14.8 Å². The van der Waals surface area contributed by atoms with Crippen molar-refractivity contribution in [2.45, 2.75) is 37.8 Å². The minimum Gasteiger partial charge on any atom is -0.381 e. The molecule has 152 valence electrons. The van der Waals surface area contributed by atoms with Gasteiger partial charge in [-0.2, -0.15) is 11.3 Å². The second-order valence-electron chi connectivity index (χ2n) is 7.27. The fourth-order valence-electron chi connectivity index (χ4n) is 3.97. The van der Waals surface area contributed by atoms with Gasteiger partial charge in [-0.05, 0) is 37.1 Å². The molecule has 0 aromatic carbocycles. The minimum atomic E-state index is -3.17. The molecular weight excluding hydrogens is 386 g/mol. The van der Waals surface area contributed by atoms with Gasteiger partial charge in [-0.25, -0.2) is 12.7 Å². The summed E-state index contributed by atoms with van der Waals surface area (Å²) in [6.45, 7) is 3.90. The van der Waals surface area contributed by atoms with E-state index in [0.29, 0.717) is 31.2 Å². The number of nitrogens with zero attached hydrogens (tertiary/aromatic N) is 2. The number of nitrogens with one attached hydrogen (secondary N) is 1. The molecule has 7 nitrogen and oxygen atoms in total. The van der Waals surface area contributed by atoms with Crippen molar-refractivity contribution >= 4 is 27.3 Å². The number of piperidine rings is 1. The highest BCUT2D eigenvalue weighted by Gasteiger charge is 2.33. The summed E-state index contributed by atoms with van der Waals surface area (Å²) in [5.41, 5.74) is 0.693. The van der Waals surface area contributed by atoms with E-state index in [2.05, 4.69) is 10.2 Å². The number of hydrogen-bond acceptors (Lipinski definition) is 6. The number of rotatable bonds is 7. The molecule has 1 atom stereocenters. The number of carbonyl (C=O) groups excluding carboxylic acids is 1. The van der Waals surface area contributed by atoms with Crippen molar-refractivity contribution in [3.8, 4) is 0 Å². The van der Waals surface area contributed by atoms with E-state index in [4.69, 9.17) is 4.74 Å². The SMILES string of the molecule is CS(=O)(=O)N1CCCC(N(CCNC(=O)c2ccsc2)C2CCOCC2)C1. The van der Waals surface area contributed by atoms with Gasteiger partial charge < -0.3 is 10.1 Å². The molecule has 3 heterocycles. The molecular formula is C18H29N3O4S2. The predicted octanol–water partition coefficient (Wildman–Crippen LogP) is 1.38. The number of carbonyl (C=O) groups is 1. The van der Waals surface area contributed by atoms with Crippen LogP contribution >= 0.6 is 11.3 Å². The van der Waals surface area contributed by atoms with Crippen LogP contribution < -0.4 is 5.32 Å². The van der Waals surface area contributed by atoms with Crippen molar-refractivity contribution in [2.24, 2.45) is 0 Å². The molecule has 1 aromatic heterocycles. The molecule has 1 unspecified atom stereocenters. The molecule has 0 saturated carbocycles. The van der Waals surface area contributed by atoms with Crippen LogP contribution in [0.3, 0.4) is 0 Å². The zero-order valence-electron chi connectivity index (χ0n) is 15.8. The molecule has 1 amide bonds. The standard InChI is InChI=1S/C18H29N3O4S2/c1-27(23,24)20-8-2-3-17(13-20)21(16-4-10-25-11-5-16)9-7-19-18(22)15-6-12-26-14-15/h6,12,14,16-17H,2-5,7-11,13H2,1H3,(H,19,22). The average molecular weight is 416 g/mol. The van der Waals surface area contributed by atoms with Crippen LogP contribution in [0.1, 0.15) is 36.0 Å². The van der Waals surface area contributed by atoms with Gasteiger partial charge in [-0.15, -0.1) is 0 Å². The third kappa shape index (κ3) is 5.74. The number of sulfonamides is 1. The van der Waals surface area contributed by atoms with Crippen LogP contribution in [0.25, 0.3) is 0 Å². The first-order valence-corrected chi connectivity index (χ1v) is 12.3. The molecule has 2 aliphatic heterocycles.